The topological polar surface area (TPSA) is 78.4 Å². The summed E-state index contributed by atoms with van der Waals surface area (Å²) < 4.78 is 12.8. The average Bonchev–Trinajstić information content (AvgIpc) is 2.40. The Balaban J connectivity index is 2.15. The van der Waals surface area contributed by atoms with E-state index >= 15 is 0 Å². The second-order valence-corrected chi connectivity index (χ2v) is 4.97. The molecule has 7 heteroatoms. The highest BCUT2D eigenvalue weighted by Gasteiger charge is 2.06. The summed E-state index contributed by atoms with van der Waals surface area (Å²) in [6.07, 6.45) is 3.26. The normalized spacial score (nSPS) is 10.2. The van der Waals surface area contributed by atoms with E-state index in [9.17, 15) is 14.0 Å². The fourth-order valence-corrected chi connectivity index (χ4v) is 1.93. The molecule has 0 radical (unpaired) electrons. The smallest absolute Gasteiger partial charge is 0.319 e. The van der Waals surface area contributed by atoms with Crippen LogP contribution in [0.4, 0.5) is 14.9 Å². The van der Waals surface area contributed by atoms with Crippen molar-refractivity contribution < 1.29 is 19.1 Å². The van der Waals surface area contributed by atoms with Crippen molar-refractivity contribution in [3.63, 3.8) is 0 Å². The molecule has 0 saturated heterocycles. The lowest BCUT2D eigenvalue weighted by Gasteiger charge is -2.09. The van der Waals surface area contributed by atoms with Crippen LogP contribution in [0.5, 0.6) is 0 Å². The second kappa shape index (κ2) is 9.18. The molecule has 0 atom stereocenters. The molecule has 0 aliphatic carbocycles. The van der Waals surface area contributed by atoms with Gasteiger partial charge in [-0.05, 0) is 31.0 Å². The van der Waals surface area contributed by atoms with Crippen LogP contribution in [-0.2, 0) is 4.79 Å². The maximum Gasteiger partial charge on any atom is 0.319 e. The molecule has 2 amide bonds. The Kier molecular flexibility index (Phi) is 7.53. The summed E-state index contributed by atoms with van der Waals surface area (Å²) in [6, 6.07) is 3.32. The summed E-state index contributed by atoms with van der Waals surface area (Å²) in [6.45, 7) is 0.484. The third-order valence-electron chi connectivity index (χ3n) is 2.78. The monoisotopic (exact) mass is 316 g/mol. The molecule has 0 spiro atoms. The van der Waals surface area contributed by atoms with Crippen LogP contribution in [0.2, 0.25) is 5.02 Å². The minimum atomic E-state index is -0.788. The van der Waals surface area contributed by atoms with E-state index in [-0.39, 0.29) is 11.4 Å². The molecular weight excluding hydrogens is 299 g/mol. The zero-order valence-corrected chi connectivity index (χ0v) is 12.3. The van der Waals surface area contributed by atoms with Gasteiger partial charge in [-0.1, -0.05) is 24.4 Å². The number of carboxylic acid groups (broad SMARTS) is 1. The summed E-state index contributed by atoms with van der Waals surface area (Å²) in [5.41, 5.74) is 0.344. The van der Waals surface area contributed by atoms with Crippen LogP contribution in [0, 0.1) is 5.82 Å². The number of halogens is 2. The highest BCUT2D eigenvalue weighted by molar-refractivity contribution is 6.33. The molecule has 5 nitrogen and oxygen atoms in total. The van der Waals surface area contributed by atoms with Crippen molar-refractivity contribution in [3.8, 4) is 0 Å². The highest BCUT2D eigenvalue weighted by Crippen LogP contribution is 2.22. The van der Waals surface area contributed by atoms with Gasteiger partial charge in [-0.25, -0.2) is 9.18 Å². The van der Waals surface area contributed by atoms with Gasteiger partial charge in [-0.3, -0.25) is 4.79 Å². The van der Waals surface area contributed by atoms with Crippen LogP contribution in [0.25, 0.3) is 0 Å². The predicted octanol–water partition coefficient (Wildman–Crippen LogP) is 3.64. The molecule has 0 bridgehead atoms. The molecule has 0 unspecified atom stereocenters. The average molecular weight is 317 g/mol. The number of unbranched alkanes of at least 4 members (excludes halogenated alkanes) is 3. The Morgan fingerprint density at radius 3 is 2.57 bits per heavy atom. The lowest BCUT2D eigenvalue weighted by Crippen LogP contribution is -2.29. The summed E-state index contributed by atoms with van der Waals surface area (Å²) in [5, 5.41) is 13.8. The quantitative estimate of drug-likeness (QED) is 0.641. The van der Waals surface area contributed by atoms with Gasteiger partial charge in [0.15, 0.2) is 0 Å². The predicted molar refractivity (Wildman–Crippen MR) is 79.2 cm³/mol. The van der Waals surface area contributed by atoms with Crippen LogP contribution in [0.3, 0.4) is 0 Å². The van der Waals surface area contributed by atoms with Gasteiger partial charge < -0.3 is 15.7 Å². The Bertz CT molecular complexity index is 497. The van der Waals surface area contributed by atoms with E-state index < -0.39 is 17.8 Å². The molecule has 1 aromatic rings. The number of carbonyl (C=O) groups excluding carboxylic acids is 1. The number of anilines is 1. The molecule has 116 valence electrons. The largest absolute Gasteiger partial charge is 0.481 e. The lowest BCUT2D eigenvalue weighted by molar-refractivity contribution is -0.137. The lowest BCUT2D eigenvalue weighted by atomic mass is 10.1. The third-order valence-corrected chi connectivity index (χ3v) is 3.10. The molecule has 1 rings (SSSR count). The number of carboxylic acids is 1. The Hall–Kier alpha value is -1.82. The molecule has 0 aliphatic heterocycles. The van der Waals surface area contributed by atoms with Gasteiger partial charge in [-0.2, -0.15) is 0 Å². The first-order chi connectivity index (χ1) is 9.99. The minimum absolute atomic E-state index is 0.138. The molecular formula is C14H18ClFN2O3. The van der Waals surface area contributed by atoms with Crippen LogP contribution >= 0.6 is 11.6 Å². The van der Waals surface area contributed by atoms with Crippen LogP contribution in [0.15, 0.2) is 18.2 Å². The van der Waals surface area contributed by atoms with Crippen molar-refractivity contribution in [2.24, 2.45) is 0 Å². The van der Waals surface area contributed by atoms with Crippen LogP contribution < -0.4 is 10.6 Å². The molecule has 21 heavy (non-hydrogen) atoms. The SMILES string of the molecule is O=C(O)CCCCCCNC(=O)Nc1ccc(F)cc1Cl. The van der Waals surface area contributed by atoms with Crippen molar-refractivity contribution >= 4 is 29.3 Å². The zero-order valence-electron chi connectivity index (χ0n) is 11.5. The van der Waals surface area contributed by atoms with Crippen molar-refractivity contribution in [2.45, 2.75) is 32.1 Å². The van der Waals surface area contributed by atoms with Gasteiger partial charge in [0.25, 0.3) is 0 Å². The highest BCUT2D eigenvalue weighted by atomic mass is 35.5. The minimum Gasteiger partial charge on any atom is -0.481 e. The maximum atomic E-state index is 12.8. The summed E-state index contributed by atoms with van der Waals surface area (Å²) in [5.74, 6) is -1.25. The first-order valence-electron chi connectivity index (χ1n) is 6.70. The number of aliphatic carboxylic acids is 1. The fraction of sp³-hybridized carbons (Fsp3) is 0.429. The number of benzene rings is 1. The van der Waals surface area contributed by atoms with Gasteiger partial charge in [-0.15, -0.1) is 0 Å². The van der Waals surface area contributed by atoms with E-state index in [1.807, 2.05) is 0 Å². The van der Waals surface area contributed by atoms with E-state index in [1.54, 1.807) is 0 Å². The summed E-state index contributed by atoms with van der Waals surface area (Å²) in [4.78, 5) is 21.9. The standard InChI is InChI=1S/C14H18ClFN2O3/c15-11-9-10(16)6-7-12(11)18-14(21)17-8-4-2-1-3-5-13(19)20/h6-7,9H,1-5,8H2,(H,19,20)(H2,17,18,21). The molecule has 0 aromatic heterocycles. The number of hydrogen-bond acceptors (Lipinski definition) is 2. The van der Waals surface area contributed by atoms with Crippen LogP contribution in [0.1, 0.15) is 32.1 Å². The van der Waals surface area contributed by atoms with E-state index in [2.05, 4.69) is 10.6 Å². The molecule has 3 N–H and O–H groups in total. The zero-order chi connectivity index (χ0) is 15.7. The summed E-state index contributed by atoms with van der Waals surface area (Å²) >= 11 is 5.79. The third kappa shape index (κ3) is 7.51. The Morgan fingerprint density at radius 2 is 1.90 bits per heavy atom. The van der Waals surface area contributed by atoms with Gasteiger partial charge in [0.1, 0.15) is 5.82 Å². The molecule has 0 saturated carbocycles. The number of urea groups is 1. The van der Waals surface area contributed by atoms with Crippen molar-refractivity contribution in [1.82, 2.24) is 5.32 Å². The van der Waals surface area contributed by atoms with Gasteiger partial charge in [0.05, 0.1) is 10.7 Å². The van der Waals surface area contributed by atoms with Gasteiger partial charge in [0.2, 0.25) is 0 Å². The second-order valence-electron chi connectivity index (χ2n) is 4.56. The van der Waals surface area contributed by atoms with Crippen molar-refractivity contribution in [1.29, 1.82) is 0 Å². The molecule has 0 aliphatic rings. The fourth-order valence-electron chi connectivity index (χ4n) is 1.71. The van der Waals surface area contributed by atoms with E-state index in [0.717, 1.165) is 25.3 Å². The van der Waals surface area contributed by atoms with E-state index in [0.29, 0.717) is 18.7 Å². The van der Waals surface area contributed by atoms with E-state index in [4.69, 9.17) is 16.7 Å². The molecule has 0 fully saturated rings. The summed E-state index contributed by atoms with van der Waals surface area (Å²) in [7, 11) is 0. The first-order valence-corrected chi connectivity index (χ1v) is 7.08. The number of rotatable bonds is 8. The van der Waals surface area contributed by atoms with E-state index in [1.165, 1.54) is 12.1 Å². The number of hydrogen-bond donors (Lipinski definition) is 3. The molecule has 1 aromatic carbocycles. The number of nitrogens with one attached hydrogen (secondary N) is 2. The van der Waals surface area contributed by atoms with Crippen molar-refractivity contribution in [2.75, 3.05) is 11.9 Å². The van der Waals surface area contributed by atoms with Crippen LogP contribution in [-0.4, -0.2) is 23.7 Å². The molecule has 0 heterocycles. The first kappa shape index (κ1) is 17.2. The van der Waals surface area contributed by atoms with Gasteiger partial charge in [0, 0.05) is 13.0 Å². The Labute approximate surface area is 127 Å². The number of amides is 2. The van der Waals surface area contributed by atoms with Gasteiger partial charge >= 0.3 is 12.0 Å². The maximum absolute atomic E-state index is 12.8. The number of carbonyl (C=O) groups is 2. The van der Waals surface area contributed by atoms with Crippen molar-refractivity contribution in [3.05, 3.63) is 29.0 Å². The Morgan fingerprint density at radius 1 is 1.19 bits per heavy atom.